The van der Waals surface area contributed by atoms with Crippen molar-refractivity contribution in [1.29, 1.82) is 0 Å². The van der Waals surface area contributed by atoms with Crippen molar-refractivity contribution < 1.29 is 28.8 Å². The lowest BCUT2D eigenvalue weighted by Crippen LogP contribution is -2.16. The minimum atomic E-state index is -0.539. The van der Waals surface area contributed by atoms with Crippen molar-refractivity contribution in [3.63, 3.8) is 0 Å². The lowest BCUT2D eigenvalue weighted by molar-refractivity contribution is -0.109. The van der Waals surface area contributed by atoms with E-state index >= 15 is 0 Å². The van der Waals surface area contributed by atoms with Crippen molar-refractivity contribution in [3.05, 3.63) is 109 Å². The van der Waals surface area contributed by atoms with Crippen LogP contribution in [0.4, 0.5) is 34.1 Å². The molecule has 0 saturated heterocycles. The minimum Gasteiger partial charge on any atom is -0.505 e. The molecule has 2 N–H and O–H groups in total. The van der Waals surface area contributed by atoms with Gasteiger partial charge < -0.3 is 24.1 Å². The van der Waals surface area contributed by atoms with E-state index in [2.05, 4.69) is 41.2 Å². The Bertz CT molecular complexity index is 2000. The summed E-state index contributed by atoms with van der Waals surface area (Å²) in [6.45, 7) is 0. The lowest BCUT2D eigenvalue weighted by Gasteiger charge is -2.11. The first-order valence-electron chi connectivity index (χ1n) is 14.3. The van der Waals surface area contributed by atoms with Gasteiger partial charge in [-0.25, -0.2) is 0 Å². The van der Waals surface area contributed by atoms with Gasteiger partial charge in [-0.05, 0) is 48.5 Å². The Kier molecular flexibility index (Phi) is 10.6. The average Bonchev–Trinajstić information content (AvgIpc) is 3.12. The van der Waals surface area contributed by atoms with Crippen LogP contribution in [0, 0.1) is 0 Å². The highest BCUT2D eigenvalue weighted by molar-refractivity contribution is 6.49. The summed E-state index contributed by atoms with van der Waals surface area (Å²) in [5, 5.41) is 40.0. The third-order valence-corrected chi connectivity index (χ3v) is 6.68. The highest BCUT2D eigenvalue weighted by atomic mass is 16.5. The Morgan fingerprint density at radius 2 is 1.08 bits per heavy atom. The van der Waals surface area contributed by atoms with E-state index in [9.17, 15) is 9.90 Å². The van der Waals surface area contributed by atoms with Crippen molar-refractivity contribution in [2.24, 2.45) is 35.8 Å². The van der Waals surface area contributed by atoms with E-state index in [1.54, 1.807) is 74.9 Å². The first-order chi connectivity index (χ1) is 23.4. The Morgan fingerprint density at radius 3 is 1.69 bits per heavy atom. The predicted molar refractivity (Wildman–Crippen MR) is 180 cm³/mol. The Balaban J connectivity index is 1.32. The molecular formula is C34H30N8O6. The second-order valence-corrected chi connectivity index (χ2v) is 9.72. The van der Waals surface area contributed by atoms with Crippen LogP contribution in [0.3, 0.4) is 0 Å². The molecule has 0 fully saturated rings. The number of para-hydroxylation sites is 2. The number of aliphatic hydroxyl groups excluding tert-OH is 1. The van der Waals surface area contributed by atoms with Crippen molar-refractivity contribution in [2.75, 3.05) is 33.9 Å². The molecule has 4 aromatic carbocycles. The number of nitrogens with one attached hydrogen (secondary N) is 1. The maximum absolute atomic E-state index is 12.6. The van der Waals surface area contributed by atoms with E-state index in [0.29, 0.717) is 57.1 Å². The SMILES string of the molecule is COc1cc(N=Nc2ccccc2OC)ccc1N=NC1=CC(=NNc2ccc(N=Nc3ccccc3OC)cc2OC)C(=O)C=C1O. The molecule has 0 unspecified atom stereocenters. The molecule has 0 amide bonds. The molecule has 0 bridgehead atoms. The van der Waals surface area contributed by atoms with Crippen molar-refractivity contribution in [3.8, 4) is 23.0 Å². The van der Waals surface area contributed by atoms with Gasteiger partial charge in [-0.15, -0.1) is 20.5 Å². The zero-order valence-electron chi connectivity index (χ0n) is 26.4. The molecule has 0 saturated carbocycles. The molecule has 1 aliphatic carbocycles. The largest absolute Gasteiger partial charge is 0.505 e. The van der Waals surface area contributed by atoms with Gasteiger partial charge in [0.15, 0.2) is 0 Å². The van der Waals surface area contributed by atoms with E-state index in [4.69, 9.17) is 18.9 Å². The standard InChI is InChI=1S/C34H30N8O6/c1-45-31-11-7-5-9-23(31)37-35-21-13-15-25(33(17-21)47-3)39-41-27-19-28(30(44)20-29(27)43)42-40-26-16-14-22(18-34(26)48-4)36-38-24-10-6-8-12-32(24)46-2/h5-20,39,44H,1-4H3. The van der Waals surface area contributed by atoms with Crippen LogP contribution >= 0.6 is 0 Å². The highest BCUT2D eigenvalue weighted by Gasteiger charge is 2.19. The number of hydrazone groups is 1. The van der Waals surface area contributed by atoms with Gasteiger partial charge in [0, 0.05) is 24.3 Å². The number of anilines is 1. The topological polar surface area (TPSA) is 173 Å². The number of hydrogen-bond donors (Lipinski definition) is 2. The summed E-state index contributed by atoms with van der Waals surface area (Å²) < 4.78 is 21.6. The molecule has 0 heterocycles. The van der Waals surface area contributed by atoms with Gasteiger partial charge >= 0.3 is 0 Å². The monoisotopic (exact) mass is 646 g/mol. The van der Waals surface area contributed by atoms with Gasteiger partial charge in [0.2, 0.25) is 5.78 Å². The summed E-state index contributed by atoms with van der Waals surface area (Å²) in [7, 11) is 6.09. The fourth-order valence-corrected chi connectivity index (χ4v) is 4.24. The summed E-state index contributed by atoms with van der Waals surface area (Å²) in [5.74, 6) is 1.03. The van der Waals surface area contributed by atoms with Gasteiger partial charge in [-0.1, -0.05) is 24.3 Å². The summed E-state index contributed by atoms with van der Waals surface area (Å²) in [5.41, 5.74) is 5.77. The summed E-state index contributed by atoms with van der Waals surface area (Å²) >= 11 is 0. The van der Waals surface area contributed by atoms with Crippen LogP contribution in [0.15, 0.2) is 144 Å². The zero-order valence-corrected chi connectivity index (χ0v) is 26.4. The fourth-order valence-electron chi connectivity index (χ4n) is 4.24. The number of benzene rings is 4. The molecule has 4 aromatic rings. The summed E-state index contributed by atoms with van der Waals surface area (Å²) in [6, 6.07) is 24.5. The number of carbonyl (C=O) groups excluding carboxylic acids is 1. The molecule has 0 atom stereocenters. The molecule has 242 valence electrons. The molecule has 5 rings (SSSR count). The predicted octanol–water partition coefficient (Wildman–Crippen LogP) is 9.01. The van der Waals surface area contributed by atoms with Gasteiger partial charge in [0.05, 0.1) is 45.5 Å². The van der Waals surface area contributed by atoms with Crippen LogP contribution in [-0.4, -0.2) is 45.0 Å². The zero-order chi connectivity index (χ0) is 33.9. The van der Waals surface area contributed by atoms with E-state index in [0.717, 1.165) is 6.08 Å². The number of nitrogens with zero attached hydrogens (tertiary/aromatic N) is 7. The number of allylic oxidation sites excluding steroid dienone is 2. The quantitative estimate of drug-likeness (QED) is 0.0877. The van der Waals surface area contributed by atoms with Crippen LogP contribution in [0.2, 0.25) is 0 Å². The number of aliphatic hydroxyl groups is 1. The minimum absolute atomic E-state index is 0.0104. The molecule has 0 radical (unpaired) electrons. The third-order valence-electron chi connectivity index (χ3n) is 6.68. The van der Waals surface area contributed by atoms with Crippen LogP contribution in [0.25, 0.3) is 0 Å². The van der Waals surface area contributed by atoms with E-state index in [1.807, 2.05) is 24.3 Å². The molecule has 0 spiro atoms. The molecular weight excluding hydrogens is 616 g/mol. The second kappa shape index (κ2) is 15.5. The first-order valence-corrected chi connectivity index (χ1v) is 14.3. The number of hydrogen-bond acceptors (Lipinski definition) is 14. The highest BCUT2D eigenvalue weighted by Crippen LogP contribution is 2.35. The van der Waals surface area contributed by atoms with Crippen molar-refractivity contribution in [2.45, 2.75) is 0 Å². The Morgan fingerprint density at radius 1 is 0.562 bits per heavy atom. The van der Waals surface area contributed by atoms with Gasteiger partial charge in [0.25, 0.3) is 0 Å². The maximum atomic E-state index is 12.6. The summed E-state index contributed by atoms with van der Waals surface area (Å²) in [6.07, 6.45) is 2.31. The maximum Gasteiger partial charge on any atom is 0.209 e. The molecule has 14 heteroatoms. The van der Waals surface area contributed by atoms with Gasteiger partial charge in [-0.2, -0.15) is 15.3 Å². The number of carbonyl (C=O) groups is 1. The third kappa shape index (κ3) is 7.92. The molecule has 48 heavy (non-hydrogen) atoms. The second-order valence-electron chi connectivity index (χ2n) is 9.72. The van der Waals surface area contributed by atoms with Crippen molar-refractivity contribution >= 4 is 45.6 Å². The molecule has 14 nitrogen and oxygen atoms in total. The number of ketones is 1. The number of azo groups is 3. The number of rotatable bonds is 12. The number of ether oxygens (including phenoxy) is 4. The normalized spacial score (nSPS) is 14.0. The van der Waals surface area contributed by atoms with E-state index < -0.39 is 5.78 Å². The first kappa shape index (κ1) is 32.7. The Labute approximate surface area is 275 Å². The van der Waals surface area contributed by atoms with Crippen LogP contribution in [-0.2, 0) is 4.79 Å². The molecule has 0 aromatic heterocycles. The van der Waals surface area contributed by atoms with Crippen LogP contribution < -0.4 is 24.4 Å². The lowest BCUT2D eigenvalue weighted by atomic mass is 10.1. The fraction of sp³-hybridized carbons (Fsp3) is 0.118. The van der Waals surface area contributed by atoms with E-state index in [1.165, 1.54) is 20.3 Å². The van der Waals surface area contributed by atoms with Gasteiger partial charge in [0.1, 0.15) is 57.2 Å². The average molecular weight is 647 g/mol. The van der Waals surface area contributed by atoms with Gasteiger partial charge in [-0.3, -0.25) is 10.2 Å². The van der Waals surface area contributed by atoms with Crippen LogP contribution in [0.1, 0.15) is 0 Å². The summed E-state index contributed by atoms with van der Waals surface area (Å²) in [4.78, 5) is 12.6. The molecule has 1 aliphatic rings. The Hall–Kier alpha value is -6.70. The van der Waals surface area contributed by atoms with Crippen molar-refractivity contribution in [1.82, 2.24) is 0 Å². The molecule has 0 aliphatic heterocycles. The number of methoxy groups -OCH3 is 4. The van der Waals surface area contributed by atoms with E-state index in [-0.39, 0.29) is 17.2 Å². The smallest absolute Gasteiger partial charge is 0.209 e. The van der Waals surface area contributed by atoms with Crippen LogP contribution in [0.5, 0.6) is 23.0 Å².